The number of para-hydroxylation sites is 2. The molecule has 0 fully saturated rings. The van der Waals surface area contributed by atoms with Gasteiger partial charge in [0.1, 0.15) is 5.75 Å². The summed E-state index contributed by atoms with van der Waals surface area (Å²) in [6, 6.07) is 17.0. The van der Waals surface area contributed by atoms with Crippen LogP contribution in [0.25, 0.3) is 10.2 Å². The molecule has 0 saturated heterocycles. The van der Waals surface area contributed by atoms with Crippen LogP contribution in [0.3, 0.4) is 0 Å². The SMILES string of the molecule is CC(CNC(=O)CNC(=O)COc1ccccc1)c1nc2ccccc2s1. The highest BCUT2D eigenvalue weighted by Gasteiger charge is 2.13. The Labute approximate surface area is 161 Å². The number of aromatic nitrogens is 1. The number of carbonyl (C=O) groups is 2. The van der Waals surface area contributed by atoms with Crippen molar-refractivity contribution in [1.29, 1.82) is 0 Å². The molecule has 1 unspecified atom stereocenters. The van der Waals surface area contributed by atoms with Gasteiger partial charge >= 0.3 is 0 Å². The summed E-state index contributed by atoms with van der Waals surface area (Å²) in [7, 11) is 0. The molecule has 3 aromatic rings. The number of nitrogens with one attached hydrogen (secondary N) is 2. The lowest BCUT2D eigenvalue weighted by Gasteiger charge is -2.11. The molecule has 1 heterocycles. The quantitative estimate of drug-likeness (QED) is 0.627. The molecule has 140 valence electrons. The highest BCUT2D eigenvalue weighted by molar-refractivity contribution is 7.18. The van der Waals surface area contributed by atoms with Crippen LogP contribution in [-0.4, -0.2) is 36.5 Å². The predicted molar refractivity (Wildman–Crippen MR) is 106 cm³/mol. The maximum atomic E-state index is 11.9. The van der Waals surface area contributed by atoms with Crippen molar-refractivity contribution in [2.24, 2.45) is 0 Å². The number of hydrogen-bond acceptors (Lipinski definition) is 5. The van der Waals surface area contributed by atoms with E-state index < -0.39 is 0 Å². The normalized spacial score (nSPS) is 11.7. The lowest BCUT2D eigenvalue weighted by Crippen LogP contribution is -2.39. The molecular weight excluding hydrogens is 362 g/mol. The maximum Gasteiger partial charge on any atom is 0.258 e. The van der Waals surface area contributed by atoms with Gasteiger partial charge in [-0.05, 0) is 24.3 Å². The summed E-state index contributed by atoms with van der Waals surface area (Å²) in [5.41, 5.74) is 0.973. The fourth-order valence-corrected chi connectivity index (χ4v) is 3.43. The molecule has 0 aliphatic heterocycles. The Morgan fingerprint density at radius 1 is 1.04 bits per heavy atom. The molecule has 1 atom stereocenters. The number of rotatable bonds is 8. The van der Waals surface area contributed by atoms with Crippen LogP contribution in [0.15, 0.2) is 54.6 Å². The van der Waals surface area contributed by atoms with Crippen molar-refractivity contribution in [3.8, 4) is 5.75 Å². The first-order valence-corrected chi connectivity index (χ1v) is 9.50. The summed E-state index contributed by atoms with van der Waals surface area (Å²) in [5, 5.41) is 6.36. The van der Waals surface area contributed by atoms with Gasteiger partial charge in [-0.15, -0.1) is 11.3 Å². The number of fused-ring (bicyclic) bond motifs is 1. The molecule has 6 nitrogen and oxygen atoms in total. The smallest absolute Gasteiger partial charge is 0.258 e. The number of benzene rings is 2. The number of nitrogens with zero attached hydrogens (tertiary/aromatic N) is 1. The first-order valence-electron chi connectivity index (χ1n) is 8.68. The number of hydrogen-bond donors (Lipinski definition) is 2. The van der Waals surface area contributed by atoms with E-state index in [0.29, 0.717) is 12.3 Å². The lowest BCUT2D eigenvalue weighted by atomic mass is 10.2. The third-order valence-electron chi connectivity index (χ3n) is 3.90. The van der Waals surface area contributed by atoms with Crippen molar-refractivity contribution in [2.75, 3.05) is 19.7 Å². The van der Waals surface area contributed by atoms with E-state index in [9.17, 15) is 9.59 Å². The number of carbonyl (C=O) groups excluding carboxylic acids is 2. The minimum absolute atomic E-state index is 0.0798. The fourth-order valence-electron chi connectivity index (χ4n) is 2.41. The van der Waals surface area contributed by atoms with Gasteiger partial charge in [-0.25, -0.2) is 4.98 Å². The Morgan fingerprint density at radius 3 is 2.56 bits per heavy atom. The largest absolute Gasteiger partial charge is 0.484 e. The van der Waals surface area contributed by atoms with Crippen LogP contribution >= 0.6 is 11.3 Å². The standard InChI is InChI=1S/C20H21N3O3S/c1-14(20-23-16-9-5-6-10-17(16)27-20)11-21-18(24)12-22-19(25)13-26-15-7-3-2-4-8-15/h2-10,14H,11-13H2,1H3,(H,21,24)(H,22,25). The van der Waals surface area contributed by atoms with Crippen LogP contribution in [0.5, 0.6) is 5.75 Å². The van der Waals surface area contributed by atoms with Gasteiger partial charge in [0.15, 0.2) is 6.61 Å². The topological polar surface area (TPSA) is 80.3 Å². The zero-order chi connectivity index (χ0) is 19.1. The Hall–Kier alpha value is -2.93. The predicted octanol–water partition coefficient (Wildman–Crippen LogP) is 2.71. The Kier molecular flexibility index (Phi) is 6.38. The third-order valence-corrected chi connectivity index (χ3v) is 5.16. The molecule has 0 radical (unpaired) electrons. The van der Waals surface area contributed by atoms with Gasteiger partial charge in [-0.2, -0.15) is 0 Å². The average molecular weight is 383 g/mol. The molecule has 7 heteroatoms. The highest BCUT2D eigenvalue weighted by atomic mass is 32.1. The van der Waals surface area contributed by atoms with Gasteiger partial charge in [0.25, 0.3) is 5.91 Å². The van der Waals surface area contributed by atoms with Gasteiger partial charge in [-0.3, -0.25) is 9.59 Å². The molecule has 2 aromatic carbocycles. The van der Waals surface area contributed by atoms with Crippen LogP contribution < -0.4 is 15.4 Å². The van der Waals surface area contributed by atoms with E-state index in [0.717, 1.165) is 15.2 Å². The molecule has 1 aromatic heterocycles. The van der Waals surface area contributed by atoms with E-state index in [-0.39, 0.29) is 30.9 Å². The third kappa shape index (κ3) is 5.52. The van der Waals surface area contributed by atoms with E-state index in [4.69, 9.17) is 4.74 Å². The van der Waals surface area contributed by atoms with Crippen LogP contribution in [0.2, 0.25) is 0 Å². The van der Waals surface area contributed by atoms with Gasteiger partial charge in [0.05, 0.1) is 21.8 Å². The lowest BCUT2D eigenvalue weighted by molar-refractivity contribution is -0.127. The number of amides is 2. The monoisotopic (exact) mass is 383 g/mol. The van der Waals surface area contributed by atoms with E-state index in [2.05, 4.69) is 15.6 Å². The van der Waals surface area contributed by atoms with E-state index in [1.165, 1.54) is 0 Å². The summed E-state index contributed by atoms with van der Waals surface area (Å²) < 4.78 is 6.47. The summed E-state index contributed by atoms with van der Waals surface area (Å²) in [6.45, 7) is 2.28. The molecule has 0 aliphatic rings. The zero-order valence-corrected chi connectivity index (χ0v) is 15.8. The zero-order valence-electron chi connectivity index (χ0n) is 15.0. The van der Waals surface area contributed by atoms with Crippen molar-refractivity contribution in [3.63, 3.8) is 0 Å². The van der Waals surface area contributed by atoms with E-state index >= 15 is 0 Å². The molecule has 0 aliphatic carbocycles. The molecule has 2 N–H and O–H groups in total. The first-order chi connectivity index (χ1) is 13.1. The Morgan fingerprint density at radius 2 is 1.78 bits per heavy atom. The average Bonchev–Trinajstić information content (AvgIpc) is 3.14. The van der Waals surface area contributed by atoms with Gasteiger partial charge in [-0.1, -0.05) is 37.3 Å². The van der Waals surface area contributed by atoms with Crippen molar-refractivity contribution in [2.45, 2.75) is 12.8 Å². The molecule has 27 heavy (non-hydrogen) atoms. The van der Waals surface area contributed by atoms with Crippen LogP contribution in [0.4, 0.5) is 0 Å². The maximum absolute atomic E-state index is 11.9. The second-order valence-electron chi connectivity index (χ2n) is 6.10. The van der Waals surface area contributed by atoms with Crippen LogP contribution in [-0.2, 0) is 9.59 Å². The molecule has 0 saturated carbocycles. The molecular formula is C20H21N3O3S. The molecule has 0 spiro atoms. The van der Waals surface area contributed by atoms with E-state index in [1.54, 1.807) is 23.5 Å². The minimum atomic E-state index is -0.340. The molecule has 0 bridgehead atoms. The van der Waals surface area contributed by atoms with Crippen molar-refractivity contribution < 1.29 is 14.3 Å². The summed E-state index contributed by atoms with van der Waals surface area (Å²) in [4.78, 5) is 28.3. The highest BCUT2D eigenvalue weighted by Crippen LogP contribution is 2.26. The van der Waals surface area contributed by atoms with Crippen molar-refractivity contribution in [1.82, 2.24) is 15.6 Å². The second kappa shape index (κ2) is 9.14. The molecule has 3 rings (SSSR count). The fraction of sp³-hybridized carbons (Fsp3) is 0.250. The van der Waals surface area contributed by atoms with Crippen molar-refractivity contribution in [3.05, 3.63) is 59.6 Å². The minimum Gasteiger partial charge on any atom is -0.484 e. The Balaban J connectivity index is 1.38. The van der Waals surface area contributed by atoms with Crippen LogP contribution in [0, 0.1) is 0 Å². The van der Waals surface area contributed by atoms with Crippen LogP contribution in [0.1, 0.15) is 17.8 Å². The van der Waals surface area contributed by atoms with Gasteiger partial charge in [0.2, 0.25) is 5.91 Å². The van der Waals surface area contributed by atoms with E-state index in [1.807, 2.05) is 49.4 Å². The number of thiazole rings is 1. The number of ether oxygens (including phenoxy) is 1. The molecule has 2 amide bonds. The van der Waals surface area contributed by atoms with Gasteiger partial charge in [0, 0.05) is 12.5 Å². The summed E-state index contributed by atoms with van der Waals surface area (Å²) >= 11 is 1.63. The second-order valence-corrected chi connectivity index (χ2v) is 7.17. The summed E-state index contributed by atoms with van der Waals surface area (Å²) in [6.07, 6.45) is 0. The summed E-state index contributed by atoms with van der Waals surface area (Å²) in [5.74, 6) is 0.134. The van der Waals surface area contributed by atoms with Crippen molar-refractivity contribution >= 4 is 33.4 Å². The Bertz CT molecular complexity index is 878. The first kappa shape index (κ1) is 18.8. The van der Waals surface area contributed by atoms with Gasteiger partial charge < -0.3 is 15.4 Å².